The van der Waals surface area contributed by atoms with Crippen molar-refractivity contribution in [2.24, 2.45) is 0 Å². The first-order valence-electron chi connectivity index (χ1n) is 7.15. The zero-order valence-corrected chi connectivity index (χ0v) is 13.3. The highest BCUT2D eigenvalue weighted by atomic mass is 16.5. The van der Waals surface area contributed by atoms with E-state index >= 15 is 0 Å². The standard InChI is InChI=1S/C18H21NO3/c1-12-7-5-6-8-15(12)18(20)19-13(2)16-11-14(21-3)9-10-17(16)22-4/h5-11,13H,1-4H3,(H,19,20)/t13-/m0/s1. The maximum Gasteiger partial charge on any atom is 0.252 e. The Morgan fingerprint density at radius 3 is 2.45 bits per heavy atom. The smallest absolute Gasteiger partial charge is 0.252 e. The van der Waals surface area contributed by atoms with Crippen LogP contribution in [0.5, 0.6) is 11.5 Å². The molecule has 0 saturated heterocycles. The quantitative estimate of drug-likeness (QED) is 0.919. The lowest BCUT2D eigenvalue weighted by molar-refractivity contribution is 0.0939. The number of carbonyl (C=O) groups excluding carboxylic acids is 1. The average molecular weight is 299 g/mol. The molecule has 0 spiro atoms. The van der Waals surface area contributed by atoms with Gasteiger partial charge in [-0.05, 0) is 43.7 Å². The molecule has 22 heavy (non-hydrogen) atoms. The topological polar surface area (TPSA) is 47.6 Å². The van der Waals surface area contributed by atoms with Gasteiger partial charge in [0.05, 0.1) is 20.3 Å². The maximum atomic E-state index is 12.4. The van der Waals surface area contributed by atoms with Crippen LogP contribution in [0.1, 0.15) is 34.5 Å². The van der Waals surface area contributed by atoms with Crippen LogP contribution >= 0.6 is 0 Å². The normalized spacial score (nSPS) is 11.6. The lowest BCUT2D eigenvalue weighted by Gasteiger charge is -2.18. The summed E-state index contributed by atoms with van der Waals surface area (Å²) in [4.78, 5) is 12.4. The summed E-state index contributed by atoms with van der Waals surface area (Å²) in [5.74, 6) is 1.35. The third-order valence-electron chi connectivity index (χ3n) is 3.64. The van der Waals surface area contributed by atoms with E-state index in [2.05, 4.69) is 5.32 Å². The van der Waals surface area contributed by atoms with Crippen molar-refractivity contribution in [2.75, 3.05) is 14.2 Å². The highest BCUT2D eigenvalue weighted by molar-refractivity contribution is 5.95. The number of hydrogen-bond donors (Lipinski definition) is 1. The van der Waals surface area contributed by atoms with Crippen molar-refractivity contribution in [1.82, 2.24) is 5.32 Å². The van der Waals surface area contributed by atoms with Crippen LogP contribution in [0.25, 0.3) is 0 Å². The lowest BCUT2D eigenvalue weighted by Crippen LogP contribution is -2.27. The number of ether oxygens (including phenoxy) is 2. The lowest BCUT2D eigenvalue weighted by atomic mass is 10.0. The fourth-order valence-corrected chi connectivity index (χ4v) is 2.36. The molecular formula is C18H21NO3. The van der Waals surface area contributed by atoms with Crippen molar-refractivity contribution in [3.63, 3.8) is 0 Å². The largest absolute Gasteiger partial charge is 0.497 e. The SMILES string of the molecule is COc1ccc(OC)c([C@H](C)NC(=O)c2ccccc2C)c1. The summed E-state index contributed by atoms with van der Waals surface area (Å²) < 4.78 is 10.6. The van der Waals surface area contributed by atoms with Gasteiger partial charge in [-0.25, -0.2) is 0 Å². The highest BCUT2D eigenvalue weighted by Crippen LogP contribution is 2.29. The van der Waals surface area contributed by atoms with Crippen molar-refractivity contribution >= 4 is 5.91 Å². The molecule has 0 aliphatic carbocycles. The van der Waals surface area contributed by atoms with Crippen LogP contribution in [-0.4, -0.2) is 20.1 Å². The maximum absolute atomic E-state index is 12.4. The summed E-state index contributed by atoms with van der Waals surface area (Å²) in [7, 11) is 3.23. The highest BCUT2D eigenvalue weighted by Gasteiger charge is 2.17. The molecule has 0 fully saturated rings. The molecule has 0 saturated carbocycles. The summed E-state index contributed by atoms with van der Waals surface area (Å²) in [5.41, 5.74) is 2.50. The monoisotopic (exact) mass is 299 g/mol. The molecule has 1 atom stereocenters. The molecule has 0 aliphatic heterocycles. The summed E-state index contributed by atoms with van der Waals surface area (Å²) in [5, 5.41) is 3.00. The van der Waals surface area contributed by atoms with Gasteiger partial charge in [-0.3, -0.25) is 4.79 Å². The second-order valence-electron chi connectivity index (χ2n) is 5.12. The molecule has 4 nitrogen and oxygen atoms in total. The van der Waals surface area contributed by atoms with E-state index in [0.29, 0.717) is 5.56 Å². The predicted molar refractivity (Wildman–Crippen MR) is 86.6 cm³/mol. The van der Waals surface area contributed by atoms with E-state index in [9.17, 15) is 4.79 Å². The Kier molecular flexibility index (Phi) is 5.04. The summed E-state index contributed by atoms with van der Waals surface area (Å²) in [6.07, 6.45) is 0. The molecule has 2 rings (SSSR count). The Hall–Kier alpha value is -2.49. The van der Waals surface area contributed by atoms with E-state index in [-0.39, 0.29) is 11.9 Å². The van der Waals surface area contributed by atoms with Crippen LogP contribution in [0, 0.1) is 6.92 Å². The summed E-state index contributed by atoms with van der Waals surface area (Å²) in [6.45, 7) is 3.85. The van der Waals surface area contributed by atoms with Crippen LogP contribution in [0.3, 0.4) is 0 Å². The van der Waals surface area contributed by atoms with Gasteiger partial charge < -0.3 is 14.8 Å². The second-order valence-corrected chi connectivity index (χ2v) is 5.12. The predicted octanol–water partition coefficient (Wildman–Crippen LogP) is 3.50. The van der Waals surface area contributed by atoms with E-state index in [0.717, 1.165) is 22.6 Å². The Labute approximate surface area is 131 Å². The Morgan fingerprint density at radius 1 is 1.09 bits per heavy atom. The van der Waals surface area contributed by atoms with Gasteiger partial charge in [0, 0.05) is 11.1 Å². The van der Waals surface area contributed by atoms with Gasteiger partial charge in [0.15, 0.2) is 0 Å². The molecule has 0 bridgehead atoms. The Morgan fingerprint density at radius 2 is 1.82 bits per heavy atom. The fourth-order valence-electron chi connectivity index (χ4n) is 2.36. The number of carbonyl (C=O) groups is 1. The van der Waals surface area contributed by atoms with E-state index in [1.807, 2.05) is 56.3 Å². The van der Waals surface area contributed by atoms with Crippen molar-refractivity contribution < 1.29 is 14.3 Å². The molecule has 0 aromatic heterocycles. The zero-order valence-electron chi connectivity index (χ0n) is 13.3. The second kappa shape index (κ2) is 6.98. The number of benzene rings is 2. The first-order valence-corrected chi connectivity index (χ1v) is 7.15. The molecular weight excluding hydrogens is 278 g/mol. The van der Waals surface area contributed by atoms with Crippen molar-refractivity contribution in [3.8, 4) is 11.5 Å². The number of amides is 1. The third kappa shape index (κ3) is 3.39. The van der Waals surface area contributed by atoms with Crippen molar-refractivity contribution in [1.29, 1.82) is 0 Å². The molecule has 0 aliphatic rings. The molecule has 1 N–H and O–H groups in total. The van der Waals surface area contributed by atoms with E-state index in [1.165, 1.54) is 0 Å². The van der Waals surface area contributed by atoms with Crippen LogP contribution in [0.15, 0.2) is 42.5 Å². The minimum atomic E-state index is -0.197. The van der Waals surface area contributed by atoms with Gasteiger partial charge in [0.2, 0.25) is 0 Å². The van der Waals surface area contributed by atoms with Crippen LogP contribution in [0.4, 0.5) is 0 Å². The molecule has 0 unspecified atom stereocenters. The average Bonchev–Trinajstić information content (AvgIpc) is 2.54. The van der Waals surface area contributed by atoms with Crippen molar-refractivity contribution in [2.45, 2.75) is 19.9 Å². The third-order valence-corrected chi connectivity index (χ3v) is 3.64. The minimum absolute atomic E-state index is 0.101. The van der Waals surface area contributed by atoms with E-state index in [4.69, 9.17) is 9.47 Å². The Bertz CT molecular complexity index is 667. The first-order chi connectivity index (χ1) is 10.6. The zero-order chi connectivity index (χ0) is 16.1. The van der Waals surface area contributed by atoms with E-state index < -0.39 is 0 Å². The molecule has 0 heterocycles. The number of methoxy groups -OCH3 is 2. The van der Waals surface area contributed by atoms with Gasteiger partial charge in [-0.2, -0.15) is 0 Å². The van der Waals surface area contributed by atoms with Crippen LogP contribution < -0.4 is 14.8 Å². The number of hydrogen-bond acceptors (Lipinski definition) is 3. The summed E-state index contributed by atoms with van der Waals surface area (Å²) >= 11 is 0. The summed E-state index contributed by atoms with van der Waals surface area (Å²) in [6, 6.07) is 12.9. The molecule has 116 valence electrons. The number of rotatable bonds is 5. The molecule has 2 aromatic carbocycles. The van der Waals surface area contributed by atoms with Crippen LogP contribution in [-0.2, 0) is 0 Å². The van der Waals surface area contributed by atoms with Crippen molar-refractivity contribution in [3.05, 3.63) is 59.2 Å². The fraction of sp³-hybridized carbons (Fsp3) is 0.278. The van der Waals surface area contributed by atoms with Gasteiger partial charge >= 0.3 is 0 Å². The van der Waals surface area contributed by atoms with Gasteiger partial charge in [-0.1, -0.05) is 18.2 Å². The minimum Gasteiger partial charge on any atom is -0.497 e. The number of nitrogens with one attached hydrogen (secondary N) is 1. The van der Waals surface area contributed by atoms with Gasteiger partial charge in [0.25, 0.3) is 5.91 Å². The molecule has 2 aromatic rings. The Balaban J connectivity index is 2.23. The molecule has 0 radical (unpaired) electrons. The molecule has 4 heteroatoms. The molecule has 1 amide bonds. The van der Waals surface area contributed by atoms with E-state index in [1.54, 1.807) is 14.2 Å². The van der Waals surface area contributed by atoms with Crippen LogP contribution in [0.2, 0.25) is 0 Å². The van der Waals surface area contributed by atoms with Gasteiger partial charge in [0.1, 0.15) is 11.5 Å². The number of aryl methyl sites for hydroxylation is 1. The van der Waals surface area contributed by atoms with Gasteiger partial charge in [-0.15, -0.1) is 0 Å². The first kappa shape index (κ1) is 15.9.